The Hall–Kier alpha value is -0.580. The number of nitrogens with two attached hydrogens (primary N) is 1. The van der Waals surface area contributed by atoms with Gasteiger partial charge in [0.05, 0.1) is 17.2 Å². The molecule has 1 atom stereocenters. The summed E-state index contributed by atoms with van der Waals surface area (Å²) < 4.78 is 12.3. The van der Waals surface area contributed by atoms with E-state index >= 15 is 0 Å². The summed E-state index contributed by atoms with van der Waals surface area (Å²) in [6.07, 6.45) is 5.45. The van der Waals surface area contributed by atoms with Crippen molar-refractivity contribution >= 4 is 15.9 Å². The van der Waals surface area contributed by atoms with Crippen molar-refractivity contribution < 1.29 is 9.47 Å². The summed E-state index contributed by atoms with van der Waals surface area (Å²) in [5.74, 6) is 0.850. The molecule has 0 spiro atoms. The molecule has 112 valence electrons. The van der Waals surface area contributed by atoms with E-state index in [9.17, 15) is 0 Å². The molecule has 0 radical (unpaired) electrons. The molecule has 2 rings (SSSR count). The second-order valence-corrected chi connectivity index (χ2v) is 6.34. The minimum atomic E-state index is -0.124. The molecule has 0 heterocycles. The fourth-order valence-corrected chi connectivity index (χ4v) is 3.75. The third-order valence-corrected chi connectivity index (χ3v) is 4.85. The molecule has 0 bridgehead atoms. The van der Waals surface area contributed by atoms with Crippen molar-refractivity contribution in [3.8, 4) is 5.75 Å². The molecule has 0 aliphatic heterocycles. The third kappa shape index (κ3) is 3.35. The molecule has 0 saturated heterocycles. The first kappa shape index (κ1) is 15.8. The van der Waals surface area contributed by atoms with Crippen LogP contribution in [0.3, 0.4) is 0 Å². The van der Waals surface area contributed by atoms with Crippen LogP contribution in [0.5, 0.6) is 5.75 Å². The highest BCUT2D eigenvalue weighted by Gasteiger charge is 2.40. The first-order chi connectivity index (χ1) is 9.61. The van der Waals surface area contributed by atoms with Gasteiger partial charge in [0.2, 0.25) is 0 Å². The maximum absolute atomic E-state index is 6.48. The monoisotopic (exact) mass is 341 g/mol. The van der Waals surface area contributed by atoms with Crippen LogP contribution in [0.4, 0.5) is 0 Å². The first-order valence-corrected chi connectivity index (χ1v) is 8.12. The quantitative estimate of drug-likeness (QED) is 0.858. The molecule has 2 N–H and O–H groups in total. The highest BCUT2D eigenvalue weighted by molar-refractivity contribution is 9.10. The molecular weight excluding hydrogens is 318 g/mol. The van der Waals surface area contributed by atoms with Gasteiger partial charge in [-0.1, -0.05) is 18.9 Å². The third-order valence-electron chi connectivity index (χ3n) is 4.23. The van der Waals surface area contributed by atoms with Crippen molar-refractivity contribution in [2.45, 2.75) is 50.7 Å². The van der Waals surface area contributed by atoms with Crippen molar-refractivity contribution in [1.29, 1.82) is 0 Å². The predicted octanol–water partition coefficient (Wildman–Crippen LogP) is 3.68. The molecule has 1 saturated carbocycles. The van der Waals surface area contributed by atoms with Gasteiger partial charge in [-0.3, -0.25) is 0 Å². The van der Waals surface area contributed by atoms with Gasteiger partial charge in [-0.2, -0.15) is 0 Å². The van der Waals surface area contributed by atoms with Gasteiger partial charge in [0.25, 0.3) is 0 Å². The van der Waals surface area contributed by atoms with Crippen LogP contribution in [0, 0.1) is 0 Å². The van der Waals surface area contributed by atoms with Gasteiger partial charge in [0.1, 0.15) is 5.75 Å². The second kappa shape index (κ2) is 6.92. The van der Waals surface area contributed by atoms with Crippen LogP contribution in [-0.2, 0) is 11.2 Å². The summed E-state index contributed by atoms with van der Waals surface area (Å²) in [6.45, 7) is 2.79. The summed E-state index contributed by atoms with van der Waals surface area (Å²) in [7, 11) is 1.67. The van der Waals surface area contributed by atoms with Crippen LogP contribution in [-0.4, -0.2) is 25.4 Å². The molecule has 1 aromatic carbocycles. The van der Waals surface area contributed by atoms with Crippen molar-refractivity contribution in [3.63, 3.8) is 0 Å². The lowest BCUT2D eigenvalue weighted by Crippen LogP contribution is -2.49. The van der Waals surface area contributed by atoms with Gasteiger partial charge in [0.15, 0.2) is 0 Å². The Kier molecular flexibility index (Phi) is 5.47. The number of rotatable bonds is 6. The van der Waals surface area contributed by atoms with Gasteiger partial charge in [-0.15, -0.1) is 0 Å². The molecule has 0 aromatic heterocycles. The van der Waals surface area contributed by atoms with Crippen LogP contribution >= 0.6 is 15.9 Å². The van der Waals surface area contributed by atoms with E-state index in [-0.39, 0.29) is 11.6 Å². The summed E-state index contributed by atoms with van der Waals surface area (Å²) in [6, 6.07) is 6.20. The molecule has 4 heteroatoms. The second-order valence-electron chi connectivity index (χ2n) is 5.48. The van der Waals surface area contributed by atoms with Crippen LogP contribution in [0.1, 0.15) is 38.2 Å². The lowest BCUT2D eigenvalue weighted by molar-refractivity contribution is -0.0525. The normalized spacial score (nSPS) is 19.0. The summed E-state index contributed by atoms with van der Waals surface area (Å²) >= 11 is 3.53. The molecule has 20 heavy (non-hydrogen) atoms. The summed E-state index contributed by atoms with van der Waals surface area (Å²) in [4.78, 5) is 0. The van der Waals surface area contributed by atoms with E-state index in [1.807, 2.05) is 6.07 Å². The van der Waals surface area contributed by atoms with Gasteiger partial charge < -0.3 is 15.2 Å². The maximum Gasteiger partial charge on any atom is 0.133 e. The maximum atomic E-state index is 6.48. The molecule has 1 unspecified atom stereocenters. The molecule has 1 aliphatic carbocycles. The van der Waals surface area contributed by atoms with Crippen molar-refractivity contribution in [1.82, 2.24) is 0 Å². The van der Waals surface area contributed by atoms with Gasteiger partial charge >= 0.3 is 0 Å². The fraction of sp³-hybridized carbons (Fsp3) is 0.625. The van der Waals surface area contributed by atoms with Gasteiger partial charge in [-0.25, -0.2) is 0 Å². The highest BCUT2D eigenvalue weighted by Crippen LogP contribution is 2.37. The van der Waals surface area contributed by atoms with E-state index in [2.05, 4.69) is 35.0 Å². The van der Waals surface area contributed by atoms with E-state index in [1.165, 1.54) is 18.4 Å². The van der Waals surface area contributed by atoms with Gasteiger partial charge in [0, 0.05) is 12.6 Å². The molecule has 1 aromatic rings. The minimum absolute atomic E-state index is 0.0465. The van der Waals surface area contributed by atoms with E-state index in [0.29, 0.717) is 0 Å². The van der Waals surface area contributed by atoms with E-state index in [0.717, 1.165) is 36.1 Å². The number of benzene rings is 1. The smallest absolute Gasteiger partial charge is 0.133 e. The Labute approximate surface area is 130 Å². The first-order valence-electron chi connectivity index (χ1n) is 7.33. The molecule has 3 nitrogen and oxygen atoms in total. The summed E-state index contributed by atoms with van der Waals surface area (Å²) in [5.41, 5.74) is 7.58. The average molecular weight is 342 g/mol. The number of hydrogen-bond acceptors (Lipinski definition) is 3. The van der Waals surface area contributed by atoms with Crippen molar-refractivity contribution in [2.24, 2.45) is 5.73 Å². The lowest BCUT2D eigenvalue weighted by Gasteiger charge is -2.35. The Morgan fingerprint density at radius 3 is 2.60 bits per heavy atom. The lowest BCUT2D eigenvalue weighted by atomic mass is 9.88. The van der Waals surface area contributed by atoms with Crippen LogP contribution in [0.2, 0.25) is 0 Å². The molecule has 0 amide bonds. The summed E-state index contributed by atoms with van der Waals surface area (Å²) in [5, 5.41) is 0. The van der Waals surface area contributed by atoms with E-state index < -0.39 is 0 Å². The minimum Gasteiger partial charge on any atom is -0.496 e. The number of halogens is 1. The molecule has 1 aliphatic rings. The molecule has 1 fully saturated rings. The zero-order valence-corrected chi connectivity index (χ0v) is 13.9. The highest BCUT2D eigenvalue weighted by atomic mass is 79.9. The topological polar surface area (TPSA) is 44.5 Å². The van der Waals surface area contributed by atoms with E-state index in [4.69, 9.17) is 15.2 Å². The van der Waals surface area contributed by atoms with Crippen molar-refractivity contribution in [2.75, 3.05) is 13.7 Å². The van der Waals surface area contributed by atoms with Crippen molar-refractivity contribution in [3.05, 3.63) is 28.2 Å². The molecular formula is C16H24BrNO2. The van der Waals surface area contributed by atoms with E-state index in [1.54, 1.807) is 7.11 Å². The Morgan fingerprint density at radius 2 is 2.05 bits per heavy atom. The Morgan fingerprint density at radius 1 is 1.35 bits per heavy atom. The average Bonchev–Trinajstić information content (AvgIpc) is 2.89. The number of ether oxygens (including phenoxy) is 2. The zero-order chi connectivity index (χ0) is 14.6. The van der Waals surface area contributed by atoms with Crippen LogP contribution in [0.15, 0.2) is 22.7 Å². The van der Waals surface area contributed by atoms with Crippen LogP contribution < -0.4 is 10.5 Å². The zero-order valence-electron chi connectivity index (χ0n) is 12.3. The number of hydrogen-bond donors (Lipinski definition) is 1. The number of methoxy groups -OCH3 is 1. The van der Waals surface area contributed by atoms with Gasteiger partial charge in [-0.05, 0) is 59.8 Å². The largest absolute Gasteiger partial charge is 0.496 e. The Bertz CT molecular complexity index is 444. The Balaban J connectivity index is 2.10. The standard InChI is InChI=1S/C16H24BrNO2/c1-3-20-16(8-4-5-9-16)15(18)11-12-6-7-14(19-2)13(17)10-12/h6-7,10,15H,3-5,8-9,11,18H2,1-2H3. The fourth-order valence-electron chi connectivity index (χ4n) is 3.16. The predicted molar refractivity (Wildman–Crippen MR) is 85.2 cm³/mol. The SMILES string of the molecule is CCOC1(C(N)Cc2ccc(OC)c(Br)c2)CCCC1. The van der Waals surface area contributed by atoms with Crippen LogP contribution in [0.25, 0.3) is 0 Å².